The molecule has 0 aliphatic carbocycles. The molecule has 3 rings (SSSR count). The lowest BCUT2D eigenvalue weighted by Gasteiger charge is -2.17. The SMILES string of the molecule is COC[C@@H]1CN(C(=O)c2cccnc2C)C[C@H]1c1ccncc1. The molecule has 1 aliphatic heterocycles. The fourth-order valence-electron chi connectivity index (χ4n) is 3.29. The van der Waals surface area contributed by atoms with Gasteiger partial charge in [0.05, 0.1) is 12.2 Å². The number of carbonyl (C=O) groups excluding carboxylic acids is 1. The predicted molar refractivity (Wildman–Crippen MR) is 87.2 cm³/mol. The van der Waals surface area contributed by atoms with Gasteiger partial charge in [-0.2, -0.15) is 0 Å². The molecule has 2 aromatic heterocycles. The fourth-order valence-corrected chi connectivity index (χ4v) is 3.29. The van der Waals surface area contributed by atoms with Crippen molar-refractivity contribution in [3.05, 3.63) is 59.7 Å². The van der Waals surface area contributed by atoms with Crippen LogP contribution < -0.4 is 0 Å². The molecule has 2 atom stereocenters. The van der Waals surface area contributed by atoms with Crippen molar-refractivity contribution in [3.8, 4) is 0 Å². The van der Waals surface area contributed by atoms with E-state index in [2.05, 4.69) is 9.97 Å². The van der Waals surface area contributed by atoms with Crippen molar-refractivity contribution < 1.29 is 9.53 Å². The second-order valence-corrected chi connectivity index (χ2v) is 5.95. The van der Waals surface area contributed by atoms with E-state index in [9.17, 15) is 4.79 Å². The lowest BCUT2D eigenvalue weighted by Crippen LogP contribution is -2.30. The Morgan fingerprint density at radius 1 is 1.26 bits per heavy atom. The molecule has 5 nitrogen and oxygen atoms in total. The first-order valence-corrected chi connectivity index (χ1v) is 7.80. The molecule has 0 unspecified atom stereocenters. The summed E-state index contributed by atoms with van der Waals surface area (Å²) >= 11 is 0. The van der Waals surface area contributed by atoms with E-state index in [4.69, 9.17) is 4.74 Å². The number of nitrogens with zero attached hydrogens (tertiary/aromatic N) is 3. The van der Waals surface area contributed by atoms with Gasteiger partial charge < -0.3 is 9.64 Å². The van der Waals surface area contributed by atoms with Gasteiger partial charge in [-0.15, -0.1) is 0 Å². The van der Waals surface area contributed by atoms with Crippen LogP contribution in [-0.4, -0.2) is 47.6 Å². The second-order valence-electron chi connectivity index (χ2n) is 5.95. The summed E-state index contributed by atoms with van der Waals surface area (Å²) in [6, 6.07) is 7.70. The second kappa shape index (κ2) is 6.87. The zero-order valence-electron chi connectivity index (χ0n) is 13.5. The quantitative estimate of drug-likeness (QED) is 0.869. The number of hydrogen-bond donors (Lipinski definition) is 0. The number of pyridine rings is 2. The lowest BCUT2D eigenvalue weighted by molar-refractivity contribution is 0.0774. The summed E-state index contributed by atoms with van der Waals surface area (Å²) in [5.74, 6) is 0.621. The standard InChI is InChI=1S/C18H21N3O2/c1-13-16(4-3-7-20-13)18(22)21-10-15(12-23-2)17(11-21)14-5-8-19-9-6-14/h3-9,15,17H,10-12H2,1-2H3/t15-,17-/m0/s1. The number of hydrogen-bond acceptors (Lipinski definition) is 4. The van der Waals surface area contributed by atoms with Gasteiger partial charge in [-0.1, -0.05) is 0 Å². The van der Waals surface area contributed by atoms with Crippen molar-refractivity contribution >= 4 is 5.91 Å². The molecule has 23 heavy (non-hydrogen) atoms. The summed E-state index contributed by atoms with van der Waals surface area (Å²) < 4.78 is 5.37. The van der Waals surface area contributed by atoms with Crippen LogP contribution in [0.15, 0.2) is 42.9 Å². The van der Waals surface area contributed by atoms with Crippen LogP contribution in [0.3, 0.4) is 0 Å². The van der Waals surface area contributed by atoms with E-state index >= 15 is 0 Å². The lowest BCUT2D eigenvalue weighted by atomic mass is 9.90. The Labute approximate surface area is 136 Å². The number of likely N-dealkylation sites (tertiary alicyclic amines) is 1. The van der Waals surface area contributed by atoms with Gasteiger partial charge in [0, 0.05) is 56.3 Å². The molecule has 1 aliphatic rings. The third-order valence-corrected chi connectivity index (χ3v) is 4.48. The summed E-state index contributed by atoms with van der Waals surface area (Å²) in [4.78, 5) is 23.0. The van der Waals surface area contributed by atoms with Crippen LogP contribution in [-0.2, 0) is 4.74 Å². The molecule has 0 bridgehead atoms. The Balaban J connectivity index is 1.83. The zero-order valence-corrected chi connectivity index (χ0v) is 13.5. The van der Waals surface area contributed by atoms with Crippen LogP contribution in [0.2, 0.25) is 0 Å². The van der Waals surface area contributed by atoms with E-state index in [0.717, 1.165) is 5.69 Å². The molecule has 0 aromatic carbocycles. The molecule has 5 heteroatoms. The zero-order chi connectivity index (χ0) is 16.2. The van der Waals surface area contributed by atoms with Crippen LogP contribution >= 0.6 is 0 Å². The molecule has 0 radical (unpaired) electrons. The number of methoxy groups -OCH3 is 1. The smallest absolute Gasteiger partial charge is 0.255 e. The van der Waals surface area contributed by atoms with Gasteiger partial charge in [0.2, 0.25) is 0 Å². The van der Waals surface area contributed by atoms with E-state index in [1.807, 2.05) is 36.1 Å². The van der Waals surface area contributed by atoms with Gasteiger partial charge >= 0.3 is 0 Å². The molecule has 120 valence electrons. The van der Waals surface area contributed by atoms with Crippen molar-refractivity contribution in [1.29, 1.82) is 0 Å². The van der Waals surface area contributed by atoms with Crippen molar-refractivity contribution in [1.82, 2.24) is 14.9 Å². The fraction of sp³-hybridized carbons (Fsp3) is 0.389. The maximum absolute atomic E-state index is 12.8. The minimum absolute atomic E-state index is 0.0493. The highest BCUT2D eigenvalue weighted by atomic mass is 16.5. The Kier molecular flexibility index (Phi) is 4.67. The highest BCUT2D eigenvalue weighted by Crippen LogP contribution is 2.33. The maximum Gasteiger partial charge on any atom is 0.255 e. The summed E-state index contributed by atoms with van der Waals surface area (Å²) in [7, 11) is 1.71. The van der Waals surface area contributed by atoms with E-state index in [1.165, 1.54) is 5.56 Å². The Morgan fingerprint density at radius 2 is 2.04 bits per heavy atom. The summed E-state index contributed by atoms with van der Waals surface area (Å²) in [5.41, 5.74) is 2.66. The Hall–Kier alpha value is -2.27. The van der Waals surface area contributed by atoms with E-state index in [0.29, 0.717) is 31.2 Å². The molecule has 0 saturated carbocycles. The largest absolute Gasteiger partial charge is 0.384 e. The first kappa shape index (κ1) is 15.6. The molecule has 3 heterocycles. The maximum atomic E-state index is 12.8. The third kappa shape index (κ3) is 3.24. The summed E-state index contributed by atoms with van der Waals surface area (Å²) in [5, 5.41) is 0. The van der Waals surface area contributed by atoms with Crippen LogP contribution in [0.1, 0.15) is 27.5 Å². The van der Waals surface area contributed by atoms with Crippen LogP contribution in [0, 0.1) is 12.8 Å². The van der Waals surface area contributed by atoms with E-state index in [-0.39, 0.29) is 11.8 Å². The number of amides is 1. The highest BCUT2D eigenvalue weighted by molar-refractivity contribution is 5.95. The highest BCUT2D eigenvalue weighted by Gasteiger charge is 2.36. The van der Waals surface area contributed by atoms with Crippen LogP contribution in [0.4, 0.5) is 0 Å². The normalized spacial score (nSPS) is 20.7. The minimum atomic E-state index is 0.0493. The van der Waals surface area contributed by atoms with Crippen molar-refractivity contribution in [2.75, 3.05) is 26.8 Å². The summed E-state index contributed by atoms with van der Waals surface area (Å²) in [6.45, 7) is 3.91. The molecule has 0 N–H and O–H groups in total. The van der Waals surface area contributed by atoms with Gasteiger partial charge in [0.1, 0.15) is 0 Å². The van der Waals surface area contributed by atoms with Crippen molar-refractivity contribution in [3.63, 3.8) is 0 Å². The monoisotopic (exact) mass is 311 g/mol. The number of aryl methyl sites for hydroxylation is 1. The number of ether oxygens (including phenoxy) is 1. The van der Waals surface area contributed by atoms with Crippen molar-refractivity contribution in [2.24, 2.45) is 5.92 Å². The molecule has 1 fully saturated rings. The first-order chi connectivity index (χ1) is 11.2. The average molecular weight is 311 g/mol. The van der Waals surface area contributed by atoms with Gasteiger partial charge in [-0.3, -0.25) is 14.8 Å². The van der Waals surface area contributed by atoms with Gasteiger partial charge in [0.25, 0.3) is 5.91 Å². The number of rotatable bonds is 4. The number of carbonyl (C=O) groups is 1. The molecular weight excluding hydrogens is 290 g/mol. The van der Waals surface area contributed by atoms with E-state index < -0.39 is 0 Å². The molecule has 0 spiro atoms. The third-order valence-electron chi connectivity index (χ3n) is 4.48. The Bertz CT molecular complexity index is 675. The summed E-state index contributed by atoms with van der Waals surface area (Å²) in [6.07, 6.45) is 5.31. The minimum Gasteiger partial charge on any atom is -0.384 e. The van der Waals surface area contributed by atoms with Gasteiger partial charge in [-0.05, 0) is 36.8 Å². The average Bonchev–Trinajstić information content (AvgIpc) is 3.00. The van der Waals surface area contributed by atoms with Crippen molar-refractivity contribution in [2.45, 2.75) is 12.8 Å². The number of aromatic nitrogens is 2. The van der Waals surface area contributed by atoms with Gasteiger partial charge in [-0.25, -0.2) is 0 Å². The molecular formula is C18H21N3O2. The predicted octanol–water partition coefficient (Wildman–Crippen LogP) is 2.29. The van der Waals surface area contributed by atoms with Crippen LogP contribution in [0.5, 0.6) is 0 Å². The molecule has 2 aromatic rings. The molecule has 1 amide bonds. The topological polar surface area (TPSA) is 55.3 Å². The first-order valence-electron chi connectivity index (χ1n) is 7.80. The molecule has 1 saturated heterocycles. The Morgan fingerprint density at radius 3 is 2.74 bits per heavy atom. The van der Waals surface area contributed by atoms with E-state index in [1.54, 1.807) is 25.7 Å². The van der Waals surface area contributed by atoms with Gasteiger partial charge in [0.15, 0.2) is 0 Å². The van der Waals surface area contributed by atoms with Crippen LogP contribution in [0.25, 0.3) is 0 Å².